The summed E-state index contributed by atoms with van der Waals surface area (Å²) in [6.45, 7) is 8.50. The zero-order valence-corrected chi connectivity index (χ0v) is 18.2. The maximum absolute atomic E-state index is 11.1. The Morgan fingerprint density at radius 2 is 1.00 bits per heavy atom. The van der Waals surface area contributed by atoms with Crippen molar-refractivity contribution in [3.63, 3.8) is 0 Å². The highest BCUT2D eigenvalue weighted by atomic mass is 32.1. The third-order valence-electron chi connectivity index (χ3n) is 2.90. The molecule has 2 N–H and O–H groups in total. The third kappa shape index (κ3) is 11.4. The molecule has 0 aliphatic rings. The van der Waals surface area contributed by atoms with Crippen LogP contribution in [0.5, 0.6) is 0 Å². The van der Waals surface area contributed by atoms with Gasteiger partial charge < -0.3 is 10.6 Å². The molecule has 0 aliphatic carbocycles. The standard InChI is InChI=1S/C15H14N2O2S2.2C3H8/c18-14(20)16-12-7-3-1-5-10(12)9-11-6-2-4-8-13(11)17-15(19)21;2*1-3-2/h1-8H,9H2,(H2,16,18,20)(H2,17,19,21);2*3H2,1-2H3. The Morgan fingerprint density at radius 1 is 0.704 bits per heavy atom. The summed E-state index contributed by atoms with van der Waals surface area (Å²) in [6.07, 6.45) is 3.06. The smallest absolute Gasteiger partial charge is 0.280 e. The fraction of sp³-hybridized carbons (Fsp3) is 0.333. The second-order valence-electron chi connectivity index (χ2n) is 5.77. The minimum absolute atomic E-state index is 0.417. The molecule has 0 bridgehead atoms. The molecular weight excluding hydrogens is 376 g/mol. The first-order valence-corrected chi connectivity index (χ1v) is 9.94. The number of rotatable bonds is 4. The van der Waals surface area contributed by atoms with Gasteiger partial charge >= 0.3 is 0 Å². The molecule has 0 spiro atoms. The molecule has 0 atom stereocenters. The van der Waals surface area contributed by atoms with Crippen molar-refractivity contribution in [3.05, 3.63) is 59.7 Å². The fourth-order valence-electron chi connectivity index (χ4n) is 2.03. The minimum atomic E-state index is -0.417. The van der Waals surface area contributed by atoms with Crippen LogP contribution in [0.3, 0.4) is 0 Å². The van der Waals surface area contributed by atoms with E-state index in [1.54, 1.807) is 0 Å². The molecule has 2 amide bonds. The second kappa shape index (κ2) is 15.2. The van der Waals surface area contributed by atoms with E-state index in [2.05, 4.69) is 63.6 Å². The number of carbonyl (C=O) groups is 2. The van der Waals surface area contributed by atoms with E-state index in [0.717, 1.165) is 11.1 Å². The highest BCUT2D eigenvalue weighted by molar-refractivity contribution is 7.97. The van der Waals surface area contributed by atoms with Gasteiger partial charge in [-0.25, -0.2) is 0 Å². The van der Waals surface area contributed by atoms with Gasteiger partial charge in [-0.2, -0.15) is 0 Å². The number of thiol groups is 2. The number of amides is 2. The summed E-state index contributed by atoms with van der Waals surface area (Å²) in [6, 6.07) is 14.9. The lowest BCUT2D eigenvalue weighted by atomic mass is 10.0. The van der Waals surface area contributed by atoms with Crippen LogP contribution in [0.25, 0.3) is 0 Å². The fourth-order valence-corrected chi connectivity index (χ4v) is 2.27. The van der Waals surface area contributed by atoms with Crippen molar-refractivity contribution in [1.29, 1.82) is 0 Å². The number of para-hydroxylation sites is 2. The first kappa shape index (κ1) is 25.1. The molecule has 0 fully saturated rings. The van der Waals surface area contributed by atoms with E-state index in [9.17, 15) is 9.59 Å². The van der Waals surface area contributed by atoms with E-state index in [0.29, 0.717) is 17.8 Å². The van der Waals surface area contributed by atoms with Crippen molar-refractivity contribution in [2.24, 2.45) is 0 Å². The Labute approximate surface area is 174 Å². The van der Waals surface area contributed by atoms with Crippen molar-refractivity contribution < 1.29 is 9.59 Å². The minimum Gasteiger partial charge on any atom is -0.317 e. The van der Waals surface area contributed by atoms with Crippen LogP contribution in [0.2, 0.25) is 0 Å². The molecule has 0 heterocycles. The van der Waals surface area contributed by atoms with Crippen LogP contribution in [0, 0.1) is 0 Å². The van der Waals surface area contributed by atoms with Gasteiger partial charge in [0.2, 0.25) is 0 Å². The molecule has 0 radical (unpaired) electrons. The summed E-state index contributed by atoms with van der Waals surface area (Å²) >= 11 is 7.46. The molecule has 27 heavy (non-hydrogen) atoms. The first-order valence-electron chi connectivity index (χ1n) is 9.05. The van der Waals surface area contributed by atoms with Crippen LogP contribution in [0.4, 0.5) is 21.0 Å². The zero-order valence-electron chi connectivity index (χ0n) is 16.5. The Bertz CT molecular complexity index is 647. The van der Waals surface area contributed by atoms with Crippen molar-refractivity contribution in [2.75, 3.05) is 10.6 Å². The number of carbonyl (C=O) groups excluding carboxylic acids is 2. The van der Waals surface area contributed by atoms with Gasteiger partial charge in [-0.15, -0.1) is 0 Å². The molecule has 2 rings (SSSR count). The first-order chi connectivity index (χ1) is 12.9. The van der Waals surface area contributed by atoms with E-state index in [1.165, 1.54) is 12.8 Å². The van der Waals surface area contributed by atoms with E-state index >= 15 is 0 Å². The van der Waals surface area contributed by atoms with Crippen molar-refractivity contribution in [1.82, 2.24) is 0 Å². The molecule has 0 unspecified atom stereocenters. The monoisotopic (exact) mass is 406 g/mol. The molecule has 0 saturated heterocycles. The quantitative estimate of drug-likeness (QED) is 0.412. The predicted octanol–water partition coefficient (Wildman–Crippen LogP) is 7.03. The van der Waals surface area contributed by atoms with E-state index in [-0.39, 0.29) is 0 Å². The summed E-state index contributed by atoms with van der Waals surface area (Å²) in [5.41, 5.74) is 3.26. The van der Waals surface area contributed by atoms with Gasteiger partial charge in [-0.3, -0.25) is 9.59 Å². The molecule has 6 heteroatoms. The summed E-state index contributed by atoms with van der Waals surface area (Å²) < 4.78 is 0. The van der Waals surface area contributed by atoms with Gasteiger partial charge in [0, 0.05) is 17.8 Å². The topological polar surface area (TPSA) is 58.2 Å². The lowest BCUT2D eigenvalue weighted by molar-refractivity contribution is 0.269. The van der Waals surface area contributed by atoms with E-state index < -0.39 is 10.5 Å². The normalized spacial score (nSPS) is 9.11. The van der Waals surface area contributed by atoms with Gasteiger partial charge in [0.15, 0.2) is 0 Å². The number of nitrogens with one attached hydrogen (secondary N) is 2. The summed E-state index contributed by atoms with van der Waals surface area (Å²) in [4.78, 5) is 22.2. The number of benzene rings is 2. The van der Waals surface area contributed by atoms with Gasteiger partial charge in [-0.05, 0) is 23.3 Å². The van der Waals surface area contributed by atoms with Crippen LogP contribution in [0.15, 0.2) is 48.5 Å². The summed E-state index contributed by atoms with van der Waals surface area (Å²) in [7, 11) is 0. The maximum Gasteiger partial charge on any atom is 0.280 e. The summed E-state index contributed by atoms with van der Waals surface area (Å²) in [5, 5.41) is 4.52. The Hall–Kier alpha value is -1.92. The molecule has 0 aliphatic heterocycles. The molecule has 2 aromatic carbocycles. The molecule has 0 aromatic heterocycles. The Morgan fingerprint density at radius 3 is 1.30 bits per heavy atom. The SMILES string of the molecule is CCC.CCC.O=C(S)Nc1ccccc1Cc1ccccc1NC(=O)S. The van der Waals surface area contributed by atoms with Crippen LogP contribution >= 0.6 is 25.3 Å². The average molecular weight is 407 g/mol. The molecular formula is C21H30N2O2S2. The molecule has 4 nitrogen and oxygen atoms in total. The van der Waals surface area contributed by atoms with Crippen LogP contribution in [-0.2, 0) is 6.42 Å². The number of anilines is 2. The number of hydrogen-bond acceptors (Lipinski definition) is 2. The van der Waals surface area contributed by atoms with Crippen molar-refractivity contribution >= 4 is 47.1 Å². The molecule has 148 valence electrons. The largest absolute Gasteiger partial charge is 0.317 e. The molecule has 2 aromatic rings. The van der Waals surface area contributed by atoms with Gasteiger partial charge in [0.1, 0.15) is 0 Å². The Kier molecular flexibility index (Phi) is 14.1. The van der Waals surface area contributed by atoms with E-state index in [1.807, 2.05) is 48.5 Å². The maximum atomic E-state index is 11.1. The van der Waals surface area contributed by atoms with Crippen LogP contribution < -0.4 is 10.6 Å². The van der Waals surface area contributed by atoms with Crippen LogP contribution in [-0.4, -0.2) is 10.5 Å². The van der Waals surface area contributed by atoms with Crippen molar-refractivity contribution in [3.8, 4) is 0 Å². The lowest BCUT2D eigenvalue weighted by Gasteiger charge is -2.12. The second-order valence-corrected chi connectivity index (χ2v) is 6.58. The Balaban J connectivity index is 0.000000997. The molecule has 0 saturated carbocycles. The van der Waals surface area contributed by atoms with Gasteiger partial charge in [-0.1, -0.05) is 102 Å². The van der Waals surface area contributed by atoms with Crippen molar-refractivity contribution in [2.45, 2.75) is 47.0 Å². The number of hydrogen-bond donors (Lipinski definition) is 4. The van der Waals surface area contributed by atoms with E-state index in [4.69, 9.17) is 0 Å². The van der Waals surface area contributed by atoms with Gasteiger partial charge in [0.25, 0.3) is 10.5 Å². The zero-order chi connectivity index (χ0) is 20.7. The summed E-state index contributed by atoms with van der Waals surface area (Å²) in [5.74, 6) is 0. The average Bonchev–Trinajstić information content (AvgIpc) is 2.59. The third-order valence-corrected chi connectivity index (χ3v) is 3.12. The van der Waals surface area contributed by atoms with Gasteiger partial charge in [0.05, 0.1) is 0 Å². The highest BCUT2D eigenvalue weighted by Crippen LogP contribution is 2.24. The highest BCUT2D eigenvalue weighted by Gasteiger charge is 2.08. The lowest BCUT2D eigenvalue weighted by Crippen LogP contribution is -2.07. The predicted molar refractivity (Wildman–Crippen MR) is 124 cm³/mol. The van der Waals surface area contributed by atoms with Crippen LogP contribution in [0.1, 0.15) is 51.7 Å².